The molecular formula is C51H41BGeN3O+. The molecule has 0 fully saturated rings. The number of nitrogens with zero attached hydrogens (tertiary/aromatic N) is 3. The quantitative estimate of drug-likeness (QED) is 0.113. The second kappa shape index (κ2) is 14.3. The Labute approximate surface area is 350 Å². The summed E-state index contributed by atoms with van der Waals surface area (Å²) in [7, 11) is 0. The minimum absolute atomic E-state index is 0.0869. The number of ether oxygens (including phenoxy) is 1. The van der Waals surface area contributed by atoms with Crippen molar-refractivity contribution in [1.82, 2.24) is 14.1 Å². The van der Waals surface area contributed by atoms with E-state index in [-0.39, 0.29) is 27.9 Å². The zero-order valence-corrected chi connectivity index (χ0v) is 33.6. The van der Waals surface area contributed by atoms with Gasteiger partial charge in [-0.3, -0.25) is 0 Å². The summed E-state index contributed by atoms with van der Waals surface area (Å²) in [5.74, 6) is 9.18. The molecule has 10 rings (SSSR count). The van der Waals surface area contributed by atoms with Crippen molar-refractivity contribution in [2.75, 3.05) is 0 Å². The SMILES string of the molecule is [2H]c1c([2H])c([2H])c(-c2cccc(-c3c([2H])c([2H])c([2H])c([2H])c3[2H])c2[N+]2=CB(c3cccc(Oc4ccc5c6ccccc6n(-c6c[c]([Ge]([CH3])([CH3])[CH3])ccn6)c5c4)c3)c3ccccc32)c([2H])c1[2H]. The molecule has 6 heteroatoms. The van der Waals surface area contributed by atoms with E-state index in [0.717, 1.165) is 38.5 Å². The molecule has 0 bridgehead atoms. The zero-order valence-electron chi connectivity index (χ0n) is 41.5. The zero-order chi connectivity index (χ0) is 47.2. The van der Waals surface area contributed by atoms with Gasteiger partial charge in [0.15, 0.2) is 0 Å². The first kappa shape index (κ1) is 25.7. The van der Waals surface area contributed by atoms with E-state index in [1.807, 2.05) is 89.7 Å². The van der Waals surface area contributed by atoms with Crippen LogP contribution >= 0.6 is 0 Å². The van der Waals surface area contributed by atoms with Crippen molar-refractivity contribution in [3.63, 3.8) is 0 Å². The van der Waals surface area contributed by atoms with E-state index in [2.05, 4.69) is 52.2 Å². The maximum atomic E-state index is 9.01. The molecule has 272 valence electrons. The number of benzene rings is 7. The van der Waals surface area contributed by atoms with Gasteiger partial charge in [0, 0.05) is 11.5 Å². The summed E-state index contributed by atoms with van der Waals surface area (Å²) in [6.07, 6.45) is 3.85. The van der Waals surface area contributed by atoms with Gasteiger partial charge in [-0.2, -0.15) is 4.58 Å². The Morgan fingerprint density at radius 2 is 1.30 bits per heavy atom. The molecule has 1 aliphatic rings. The Morgan fingerprint density at radius 1 is 0.632 bits per heavy atom. The Hall–Kier alpha value is -6.43. The van der Waals surface area contributed by atoms with Gasteiger partial charge in [0.1, 0.15) is 6.11 Å². The van der Waals surface area contributed by atoms with E-state index >= 15 is 0 Å². The van der Waals surface area contributed by atoms with Crippen LogP contribution in [-0.2, 0) is 0 Å². The fraction of sp³-hybridized carbons (Fsp3) is 0.0588. The van der Waals surface area contributed by atoms with Gasteiger partial charge in [0.05, 0.1) is 24.8 Å². The molecular weight excluding hydrogens is 754 g/mol. The molecule has 3 heterocycles. The first-order valence-corrected chi connectivity index (χ1v) is 26.2. The molecule has 9 aromatic rings. The number of hydrogen-bond donors (Lipinski definition) is 0. The summed E-state index contributed by atoms with van der Waals surface area (Å²) in [5, 5.41) is 2.18. The van der Waals surface area contributed by atoms with Crippen LogP contribution in [0.4, 0.5) is 11.4 Å². The van der Waals surface area contributed by atoms with Gasteiger partial charge < -0.3 is 0 Å². The molecule has 0 radical (unpaired) electrons. The first-order valence-electron chi connectivity index (χ1n) is 23.8. The number of para-hydroxylation sites is 3. The summed E-state index contributed by atoms with van der Waals surface area (Å²) in [4.78, 5) is 4.85. The largest absolute Gasteiger partial charge is 0.205 e. The molecule has 2 aromatic heterocycles. The molecule has 0 spiro atoms. The summed E-state index contributed by atoms with van der Waals surface area (Å²) in [6.45, 7) is -0.406. The Morgan fingerprint density at radius 3 is 2.05 bits per heavy atom. The van der Waals surface area contributed by atoms with Gasteiger partial charge in [0.25, 0.3) is 0 Å². The summed E-state index contributed by atoms with van der Waals surface area (Å²) in [6, 6.07) is 34.2. The van der Waals surface area contributed by atoms with Crippen LogP contribution in [0.3, 0.4) is 0 Å². The van der Waals surface area contributed by atoms with E-state index in [1.165, 1.54) is 4.40 Å². The Balaban J connectivity index is 1.12. The van der Waals surface area contributed by atoms with Crippen LogP contribution < -0.4 is 24.6 Å². The monoisotopic (exact) mass is 806 g/mol. The predicted octanol–water partition coefficient (Wildman–Crippen LogP) is 10.9. The maximum absolute atomic E-state index is 9.01. The molecule has 0 unspecified atom stereocenters. The van der Waals surface area contributed by atoms with Gasteiger partial charge in [-0.1, -0.05) is 84.7 Å². The van der Waals surface area contributed by atoms with Crippen LogP contribution in [0.2, 0.25) is 17.3 Å². The van der Waals surface area contributed by atoms with E-state index < -0.39 is 80.4 Å². The molecule has 1 aliphatic heterocycles. The van der Waals surface area contributed by atoms with E-state index in [1.54, 1.807) is 18.2 Å². The van der Waals surface area contributed by atoms with Crippen molar-refractivity contribution < 1.29 is 18.4 Å². The number of rotatable bonds is 8. The van der Waals surface area contributed by atoms with Crippen molar-refractivity contribution in [2.24, 2.45) is 0 Å². The number of aromatic nitrogens is 2. The van der Waals surface area contributed by atoms with Crippen molar-refractivity contribution >= 4 is 74.6 Å². The fourth-order valence-electron chi connectivity index (χ4n) is 7.89. The number of hydrogen-bond acceptors (Lipinski definition) is 2. The maximum Gasteiger partial charge on any atom is 0.205 e. The molecule has 57 heavy (non-hydrogen) atoms. The minimum atomic E-state index is -2.20. The molecule has 4 nitrogen and oxygen atoms in total. The number of pyridine rings is 1. The molecule has 0 saturated heterocycles. The first-order chi connectivity index (χ1) is 32.0. The third kappa shape index (κ3) is 6.38. The summed E-state index contributed by atoms with van der Waals surface area (Å²) < 4.78 is 99.0. The Bertz CT molecular complexity index is 3440. The molecule has 0 saturated carbocycles. The van der Waals surface area contributed by atoms with Crippen LogP contribution in [0.25, 0.3) is 49.9 Å². The van der Waals surface area contributed by atoms with Crippen LogP contribution in [0.1, 0.15) is 13.7 Å². The normalized spacial score (nSPS) is 15.0. The average molecular weight is 805 g/mol. The predicted molar refractivity (Wildman–Crippen MR) is 244 cm³/mol. The second-order valence-electron chi connectivity index (χ2n) is 15.1. The minimum Gasteiger partial charge on any atom is -0.0623 e. The van der Waals surface area contributed by atoms with Crippen molar-refractivity contribution in [2.45, 2.75) is 17.3 Å². The van der Waals surface area contributed by atoms with Crippen LogP contribution in [0, 0.1) is 0 Å². The third-order valence-electron chi connectivity index (χ3n) is 10.6. The van der Waals surface area contributed by atoms with Crippen molar-refractivity contribution in [3.8, 4) is 39.6 Å². The number of fused-ring (bicyclic) bond motifs is 4. The van der Waals surface area contributed by atoms with E-state index in [4.69, 9.17) is 23.4 Å². The van der Waals surface area contributed by atoms with Crippen LogP contribution in [-0.4, -0.2) is 35.6 Å². The van der Waals surface area contributed by atoms with Crippen LogP contribution in [0.15, 0.2) is 188 Å². The van der Waals surface area contributed by atoms with E-state index in [0.29, 0.717) is 17.2 Å². The van der Waals surface area contributed by atoms with Gasteiger partial charge in [-0.15, -0.1) is 0 Å². The Kier molecular flexibility index (Phi) is 6.42. The molecule has 0 aliphatic carbocycles. The summed E-state index contributed by atoms with van der Waals surface area (Å²) in [5.41, 5.74) is 5.00. The van der Waals surface area contributed by atoms with Gasteiger partial charge in [-0.25, -0.2) is 0 Å². The van der Waals surface area contributed by atoms with Crippen molar-refractivity contribution in [1.29, 1.82) is 0 Å². The van der Waals surface area contributed by atoms with E-state index in [9.17, 15) is 0 Å². The smallest absolute Gasteiger partial charge is 0.0623 e. The van der Waals surface area contributed by atoms with Crippen LogP contribution in [0.5, 0.6) is 11.5 Å². The molecule has 7 aromatic carbocycles. The fourth-order valence-corrected chi connectivity index (χ4v) is 10.3. The van der Waals surface area contributed by atoms with Gasteiger partial charge in [-0.05, 0) is 23.3 Å². The molecule has 0 N–H and O–H groups in total. The average Bonchev–Trinajstić information content (AvgIpc) is 3.87. The topological polar surface area (TPSA) is 30.1 Å². The van der Waals surface area contributed by atoms with Crippen molar-refractivity contribution in [3.05, 3.63) is 188 Å². The van der Waals surface area contributed by atoms with Gasteiger partial charge in [0.2, 0.25) is 11.4 Å². The standard InChI is InChI=1S/C51H41BGeN3O/c1-53(2,3)39-30-31-54-50(33-39)56-47-26-12-10-22-44(47)45-29-28-41(34-49(45)56)57-40-21-14-20-38(32-40)52-35-55(48-27-13-11-25-46(48)52)51-42(36-16-6-4-7-17-36)23-15-24-43(51)37-18-8-5-9-19-37/h4-35H,1-3H3/q+1/i4D,5D,6D,7D,8D,9D,16D,17D,18D,19D. The molecule has 0 atom stereocenters. The second-order valence-corrected chi connectivity index (χ2v) is 25.8. The molecule has 0 amide bonds. The van der Waals surface area contributed by atoms with Gasteiger partial charge >= 0.3 is 186 Å². The summed E-state index contributed by atoms with van der Waals surface area (Å²) >= 11 is -2.20. The third-order valence-corrected chi connectivity index (χ3v) is 14.9.